The molecule has 2 aromatic rings. The molecule has 0 spiro atoms. The number of benzene rings is 2. The lowest BCUT2D eigenvalue weighted by Crippen LogP contribution is -2.13. The van der Waals surface area contributed by atoms with Gasteiger partial charge in [-0.05, 0) is 23.8 Å². The number of aromatic carboxylic acids is 1. The molecule has 0 amide bonds. The first-order valence-corrected chi connectivity index (χ1v) is 9.60. The summed E-state index contributed by atoms with van der Waals surface area (Å²) in [5, 5.41) is 9.68. The molecule has 1 unspecified atom stereocenters. The van der Waals surface area contributed by atoms with Gasteiger partial charge in [0.05, 0.1) is 24.0 Å². The van der Waals surface area contributed by atoms with Gasteiger partial charge in [0.15, 0.2) is 9.84 Å². The quantitative estimate of drug-likeness (QED) is 0.834. The van der Waals surface area contributed by atoms with Gasteiger partial charge in [-0.25, -0.2) is 13.2 Å². The fourth-order valence-corrected chi connectivity index (χ4v) is 4.36. The Morgan fingerprint density at radius 2 is 1.96 bits per heavy atom. The lowest BCUT2D eigenvalue weighted by Gasteiger charge is -2.19. The number of hydrogen-bond donors (Lipinski definition) is 1. The molecule has 1 aliphatic rings. The average molecular weight is 374 g/mol. The number of sulfone groups is 1. The molecule has 3 rings (SSSR count). The Bertz CT molecular complexity index is 939. The predicted octanol–water partition coefficient (Wildman–Crippen LogP) is 3.34. The first-order chi connectivity index (χ1) is 12.4. The lowest BCUT2D eigenvalue weighted by atomic mass is 9.98. The molecule has 26 heavy (non-hydrogen) atoms. The van der Waals surface area contributed by atoms with Gasteiger partial charge in [0, 0.05) is 12.0 Å². The van der Waals surface area contributed by atoms with Gasteiger partial charge in [0.25, 0.3) is 0 Å². The van der Waals surface area contributed by atoms with Crippen LogP contribution in [0.5, 0.6) is 5.75 Å². The molecule has 0 saturated carbocycles. The highest BCUT2D eigenvalue weighted by atomic mass is 32.2. The zero-order valence-electron chi connectivity index (χ0n) is 14.1. The predicted molar refractivity (Wildman–Crippen MR) is 94.9 cm³/mol. The molecule has 2 aromatic carbocycles. The Morgan fingerprint density at radius 1 is 1.23 bits per heavy atom. The summed E-state index contributed by atoms with van der Waals surface area (Å²) in [5.41, 5.74) is 0.601. The van der Waals surface area contributed by atoms with Crippen LogP contribution >= 0.6 is 0 Å². The van der Waals surface area contributed by atoms with Gasteiger partial charge < -0.3 is 14.6 Å². The van der Waals surface area contributed by atoms with Gasteiger partial charge in [-0.2, -0.15) is 0 Å². The van der Waals surface area contributed by atoms with E-state index in [0.29, 0.717) is 12.0 Å². The van der Waals surface area contributed by atoms with Crippen LogP contribution in [0.25, 0.3) is 0 Å². The fraction of sp³-hybridized carbons (Fsp3) is 0.211. The molecule has 136 valence electrons. The van der Waals surface area contributed by atoms with E-state index in [1.165, 1.54) is 25.3 Å². The van der Waals surface area contributed by atoms with E-state index in [1.54, 1.807) is 30.5 Å². The molecular weight excluding hydrogens is 356 g/mol. The van der Waals surface area contributed by atoms with Crippen LogP contribution in [-0.2, 0) is 20.3 Å². The minimum atomic E-state index is -3.69. The van der Waals surface area contributed by atoms with Crippen LogP contribution in [0.2, 0.25) is 0 Å². The number of carbonyl (C=O) groups is 1. The van der Waals surface area contributed by atoms with E-state index in [1.807, 2.05) is 6.08 Å². The first-order valence-electron chi connectivity index (χ1n) is 7.95. The smallest absolute Gasteiger partial charge is 0.339 e. The van der Waals surface area contributed by atoms with E-state index in [0.717, 1.165) is 0 Å². The molecule has 7 heteroatoms. The molecule has 1 heterocycles. The topological polar surface area (TPSA) is 89.9 Å². The summed E-state index contributed by atoms with van der Waals surface area (Å²) >= 11 is 0. The van der Waals surface area contributed by atoms with Crippen molar-refractivity contribution in [1.82, 2.24) is 0 Å². The SMILES string of the molecule is COc1c(C2CC=CO2)ccc(CS(=O)(=O)c2ccccc2)c1C(=O)O. The van der Waals surface area contributed by atoms with Crippen molar-refractivity contribution >= 4 is 15.8 Å². The van der Waals surface area contributed by atoms with Gasteiger partial charge in [0.1, 0.15) is 17.4 Å². The first kappa shape index (κ1) is 18.0. The van der Waals surface area contributed by atoms with Crippen LogP contribution < -0.4 is 4.74 Å². The van der Waals surface area contributed by atoms with E-state index >= 15 is 0 Å². The van der Waals surface area contributed by atoms with Crippen molar-refractivity contribution in [2.24, 2.45) is 0 Å². The summed E-state index contributed by atoms with van der Waals surface area (Å²) in [6.45, 7) is 0. The maximum Gasteiger partial charge on any atom is 0.339 e. The molecule has 1 N–H and O–H groups in total. The van der Waals surface area contributed by atoms with Gasteiger partial charge in [-0.15, -0.1) is 0 Å². The zero-order chi connectivity index (χ0) is 18.7. The van der Waals surface area contributed by atoms with Crippen molar-refractivity contribution in [3.05, 3.63) is 71.5 Å². The monoisotopic (exact) mass is 374 g/mol. The van der Waals surface area contributed by atoms with Crippen LogP contribution in [0.3, 0.4) is 0 Å². The summed E-state index contributed by atoms with van der Waals surface area (Å²) < 4.78 is 36.1. The largest absolute Gasteiger partial charge is 0.495 e. The maximum absolute atomic E-state index is 12.6. The number of ether oxygens (including phenoxy) is 2. The van der Waals surface area contributed by atoms with Crippen molar-refractivity contribution < 1.29 is 27.8 Å². The van der Waals surface area contributed by atoms with Crippen LogP contribution in [0.15, 0.2) is 59.7 Å². The third kappa shape index (κ3) is 3.43. The summed E-state index contributed by atoms with van der Waals surface area (Å²) in [6.07, 6.45) is 3.64. The molecule has 0 aromatic heterocycles. The maximum atomic E-state index is 12.6. The molecule has 0 fully saturated rings. The Balaban J connectivity index is 2.06. The number of rotatable bonds is 6. The third-order valence-corrected chi connectivity index (χ3v) is 5.86. The summed E-state index contributed by atoms with van der Waals surface area (Å²) in [5.74, 6) is -1.54. The third-order valence-electron chi connectivity index (χ3n) is 4.18. The van der Waals surface area contributed by atoms with Crippen molar-refractivity contribution in [2.75, 3.05) is 7.11 Å². The normalized spacial score (nSPS) is 16.3. The Kier molecular flexibility index (Phi) is 4.99. The molecule has 1 aliphatic heterocycles. The standard InChI is InChI=1S/C19H18O6S/c1-24-18-15(16-8-5-11-25-16)10-9-13(17(18)19(20)21)12-26(22,23)14-6-3-2-4-7-14/h2-7,9-11,16H,8,12H2,1H3,(H,20,21). The minimum Gasteiger partial charge on any atom is -0.495 e. The van der Waals surface area contributed by atoms with Crippen molar-refractivity contribution in [3.63, 3.8) is 0 Å². The van der Waals surface area contributed by atoms with Crippen LogP contribution in [0.1, 0.15) is 34.0 Å². The van der Waals surface area contributed by atoms with Gasteiger partial charge >= 0.3 is 5.97 Å². The zero-order valence-corrected chi connectivity index (χ0v) is 14.9. The molecule has 0 radical (unpaired) electrons. The Labute approximate surface area is 151 Å². The highest BCUT2D eigenvalue weighted by Crippen LogP contribution is 2.38. The summed E-state index contributed by atoms with van der Waals surface area (Å²) in [6, 6.07) is 11.1. The second kappa shape index (κ2) is 7.21. The van der Waals surface area contributed by atoms with Crippen molar-refractivity contribution in [3.8, 4) is 5.75 Å². The van der Waals surface area contributed by atoms with Gasteiger partial charge in [-0.1, -0.05) is 30.3 Å². The fourth-order valence-electron chi connectivity index (χ4n) is 2.97. The van der Waals surface area contributed by atoms with E-state index in [9.17, 15) is 18.3 Å². The molecule has 0 saturated heterocycles. The van der Waals surface area contributed by atoms with E-state index < -0.39 is 21.6 Å². The molecule has 6 nitrogen and oxygen atoms in total. The summed E-state index contributed by atoms with van der Waals surface area (Å²) in [4.78, 5) is 12.0. The van der Waals surface area contributed by atoms with E-state index in [-0.39, 0.29) is 27.9 Å². The lowest BCUT2D eigenvalue weighted by molar-refractivity contribution is 0.0691. The van der Waals surface area contributed by atoms with Gasteiger partial charge in [-0.3, -0.25) is 0 Å². The number of methoxy groups -OCH3 is 1. The van der Waals surface area contributed by atoms with Gasteiger partial charge in [0.2, 0.25) is 0 Å². The van der Waals surface area contributed by atoms with Crippen LogP contribution in [0, 0.1) is 0 Å². The Morgan fingerprint density at radius 3 is 2.54 bits per heavy atom. The Hall–Kier alpha value is -2.80. The van der Waals surface area contributed by atoms with Crippen molar-refractivity contribution in [1.29, 1.82) is 0 Å². The van der Waals surface area contributed by atoms with Crippen LogP contribution in [-0.4, -0.2) is 26.6 Å². The molecule has 0 bridgehead atoms. The highest BCUT2D eigenvalue weighted by Gasteiger charge is 2.28. The number of carboxylic acid groups (broad SMARTS) is 1. The number of carboxylic acids is 1. The minimum absolute atomic E-state index is 0.131. The molecular formula is C19H18O6S. The average Bonchev–Trinajstić information content (AvgIpc) is 3.15. The van der Waals surface area contributed by atoms with Crippen LogP contribution in [0.4, 0.5) is 0 Å². The van der Waals surface area contributed by atoms with E-state index in [4.69, 9.17) is 9.47 Å². The second-order valence-corrected chi connectivity index (χ2v) is 7.82. The highest BCUT2D eigenvalue weighted by molar-refractivity contribution is 7.90. The molecule has 1 atom stereocenters. The number of hydrogen-bond acceptors (Lipinski definition) is 5. The summed E-state index contributed by atoms with van der Waals surface area (Å²) in [7, 11) is -2.32. The second-order valence-electron chi connectivity index (χ2n) is 5.83. The van der Waals surface area contributed by atoms with Crippen molar-refractivity contribution in [2.45, 2.75) is 23.2 Å². The molecule has 0 aliphatic carbocycles. The van der Waals surface area contributed by atoms with E-state index in [2.05, 4.69) is 0 Å².